The molecule has 1 heterocycles. The quantitative estimate of drug-likeness (QED) is 0.436. The predicted octanol–water partition coefficient (Wildman–Crippen LogP) is 2.74. The number of fused-ring (bicyclic) bond motifs is 1. The number of rotatable bonds is 7. The van der Waals surface area contributed by atoms with E-state index in [-0.39, 0.29) is 18.2 Å². The van der Waals surface area contributed by atoms with Gasteiger partial charge in [0.15, 0.2) is 11.9 Å². The van der Waals surface area contributed by atoms with Gasteiger partial charge in [0.25, 0.3) is 5.91 Å². The van der Waals surface area contributed by atoms with Gasteiger partial charge in [0.05, 0.1) is 12.3 Å². The van der Waals surface area contributed by atoms with Crippen LogP contribution < -0.4 is 9.64 Å². The molecule has 0 bridgehead atoms. The molecule has 1 atom stereocenters. The van der Waals surface area contributed by atoms with Crippen molar-refractivity contribution >= 4 is 23.3 Å². The van der Waals surface area contributed by atoms with Crippen molar-refractivity contribution in [2.75, 3.05) is 18.1 Å². The number of hydrogen-bond donors (Lipinski definition) is 0. The van der Waals surface area contributed by atoms with E-state index in [1.807, 2.05) is 0 Å². The van der Waals surface area contributed by atoms with Crippen molar-refractivity contribution in [1.29, 1.82) is 0 Å². The molecule has 1 aromatic rings. The maximum absolute atomic E-state index is 12.4. The highest BCUT2D eigenvalue weighted by Crippen LogP contribution is 2.35. The number of carbonyl (C=O) groups excluding carboxylic acids is 3. The van der Waals surface area contributed by atoms with Gasteiger partial charge in [-0.2, -0.15) is 0 Å². The zero-order valence-corrected chi connectivity index (χ0v) is 14.3. The topological polar surface area (TPSA) is 72.9 Å². The summed E-state index contributed by atoms with van der Waals surface area (Å²) >= 11 is 0. The number of hydrogen-bond acceptors (Lipinski definition) is 5. The zero-order valence-electron chi connectivity index (χ0n) is 14.3. The Morgan fingerprint density at radius 3 is 2.71 bits per heavy atom. The molecule has 1 aromatic carbocycles. The molecule has 6 nitrogen and oxygen atoms in total. The van der Waals surface area contributed by atoms with Crippen molar-refractivity contribution in [3.63, 3.8) is 0 Å². The van der Waals surface area contributed by atoms with Crippen LogP contribution in [-0.4, -0.2) is 36.9 Å². The molecule has 130 valence electrons. The highest BCUT2D eigenvalue weighted by molar-refractivity contribution is 6.04. The van der Waals surface area contributed by atoms with E-state index in [4.69, 9.17) is 9.47 Å². The molecular formula is C18H23NO5. The first-order valence-electron chi connectivity index (χ1n) is 8.22. The molecule has 2 rings (SSSR count). The van der Waals surface area contributed by atoms with Crippen LogP contribution in [0.15, 0.2) is 18.2 Å². The number of ketones is 1. The van der Waals surface area contributed by atoms with Crippen molar-refractivity contribution < 1.29 is 23.9 Å². The van der Waals surface area contributed by atoms with Gasteiger partial charge in [-0.15, -0.1) is 0 Å². The van der Waals surface area contributed by atoms with Crippen molar-refractivity contribution in [2.45, 2.75) is 46.1 Å². The molecule has 0 saturated carbocycles. The van der Waals surface area contributed by atoms with Gasteiger partial charge in [-0.1, -0.05) is 19.8 Å². The van der Waals surface area contributed by atoms with Gasteiger partial charge in [-0.25, -0.2) is 0 Å². The van der Waals surface area contributed by atoms with Gasteiger partial charge in [-0.05, 0) is 38.5 Å². The Morgan fingerprint density at radius 1 is 1.29 bits per heavy atom. The first-order chi connectivity index (χ1) is 11.4. The first-order valence-corrected chi connectivity index (χ1v) is 8.22. The lowest BCUT2D eigenvalue weighted by molar-refractivity contribution is -0.143. The van der Waals surface area contributed by atoms with E-state index >= 15 is 0 Å². The second-order valence-corrected chi connectivity index (χ2v) is 5.85. The van der Waals surface area contributed by atoms with Crippen LogP contribution in [0.1, 0.15) is 50.4 Å². The lowest BCUT2D eigenvalue weighted by Gasteiger charge is -2.32. The normalized spacial score (nSPS) is 16.4. The Kier molecular flexibility index (Phi) is 5.95. The van der Waals surface area contributed by atoms with Crippen LogP contribution in [0.3, 0.4) is 0 Å². The molecule has 24 heavy (non-hydrogen) atoms. The van der Waals surface area contributed by atoms with Gasteiger partial charge in [-0.3, -0.25) is 19.3 Å². The SMILES string of the molecule is CCCCCOC(=O)CN1C(=O)C(C)Oc2ccc(C(C)=O)cc21. The summed E-state index contributed by atoms with van der Waals surface area (Å²) in [4.78, 5) is 37.3. The monoisotopic (exact) mass is 333 g/mol. The Bertz CT molecular complexity index is 640. The number of nitrogens with zero attached hydrogens (tertiary/aromatic N) is 1. The number of Topliss-reactive ketones (excluding diaryl/α,β-unsaturated/α-hetero) is 1. The van der Waals surface area contributed by atoms with Crippen LogP contribution in [0.25, 0.3) is 0 Å². The number of unbranched alkanes of at least 4 members (excludes halogenated alkanes) is 2. The third kappa shape index (κ3) is 4.13. The second-order valence-electron chi connectivity index (χ2n) is 5.85. The number of benzene rings is 1. The second kappa shape index (κ2) is 7.95. The Hall–Kier alpha value is -2.37. The largest absolute Gasteiger partial charge is 0.479 e. The number of ether oxygens (including phenoxy) is 2. The predicted molar refractivity (Wildman–Crippen MR) is 89.4 cm³/mol. The summed E-state index contributed by atoms with van der Waals surface area (Å²) < 4.78 is 10.7. The summed E-state index contributed by atoms with van der Waals surface area (Å²) in [6.07, 6.45) is 2.15. The molecule has 0 spiro atoms. The van der Waals surface area contributed by atoms with Crippen LogP contribution in [-0.2, 0) is 14.3 Å². The maximum Gasteiger partial charge on any atom is 0.326 e. The van der Waals surface area contributed by atoms with Crippen molar-refractivity contribution in [3.05, 3.63) is 23.8 Å². The van der Waals surface area contributed by atoms with Gasteiger partial charge in [0, 0.05) is 5.56 Å². The van der Waals surface area contributed by atoms with Crippen molar-refractivity contribution in [1.82, 2.24) is 0 Å². The fourth-order valence-electron chi connectivity index (χ4n) is 2.50. The minimum Gasteiger partial charge on any atom is -0.479 e. The number of carbonyl (C=O) groups is 3. The smallest absolute Gasteiger partial charge is 0.326 e. The fourth-order valence-corrected chi connectivity index (χ4v) is 2.50. The summed E-state index contributed by atoms with van der Waals surface area (Å²) in [5.74, 6) is -0.432. The van der Waals surface area contributed by atoms with E-state index in [2.05, 4.69) is 6.92 Å². The van der Waals surface area contributed by atoms with E-state index in [9.17, 15) is 14.4 Å². The van der Waals surface area contributed by atoms with Gasteiger partial charge < -0.3 is 9.47 Å². The van der Waals surface area contributed by atoms with Crippen LogP contribution in [0.2, 0.25) is 0 Å². The highest BCUT2D eigenvalue weighted by atomic mass is 16.5. The standard InChI is InChI=1S/C18H23NO5/c1-4-5-6-9-23-17(21)11-19-15-10-14(12(2)20)7-8-16(15)24-13(3)18(19)22/h7-8,10,13H,4-6,9,11H2,1-3H3. The van der Waals surface area contributed by atoms with E-state index in [0.717, 1.165) is 19.3 Å². The van der Waals surface area contributed by atoms with Gasteiger partial charge in [0.2, 0.25) is 0 Å². The van der Waals surface area contributed by atoms with Crippen molar-refractivity contribution in [2.24, 2.45) is 0 Å². The molecule has 1 aliphatic rings. The number of esters is 1. The Labute approximate surface area is 141 Å². The Morgan fingerprint density at radius 2 is 2.04 bits per heavy atom. The fraction of sp³-hybridized carbons (Fsp3) is 0.500. The first kappa shape index (κ1) is 18.0. The maximum atomic E-state index is 12.4. The molecule has 0 aliphatic carbocycles. The summed E-state index contributed by atoms with van der Waals surface area (Å²) in [5.41, 5.74) is 0.886. The number of amides is 1. The summed E-state index contributed by atoms with van der Waals surface area (Å²) in [7, 11) is 0. The molecule has 6 heteroatoms. The van der Waals surface area contributed by atoms with Crippen LogP contribution in [0.4, 0.5) is 5.69 Å². The lowest BCUT2D eigenvalue weighted by atomic mass is 10.1. The zero-order chi connectivity index (χ0) is 17.7. The molecule has 0 fully saturated rings. The van der Waals surface area contributed by atoms with Crippen LogP contribution >= 0.6 is 0 Å². The summed E-state index contributed by atoms with van der Waals surface area (Å²) in [5, 5.41) is 0. The molecule has 0 N–H and O–H groups in total. The van der Waals surface area contributed by atoms with Crippen molar-refractivity contribution in [3.8, 4) is 5.75 Å². The van der Waals surface area contributed by atoms with Crippen LogP contribution in [0, 0.1) is 0 Å². The molecule has 0 aromatic heterocycles. The number of anilines is 1. The minimum atomic E-state index is -0.687. The molecule has 1 aliphatic heterocycles. The highest BCUT2D eigenvalue weighted by Gasteiger charge is 2.33. The average molecular weight is 333 g/mol. The van der Waals surface area contributed by atoms with E-state index in [1.165, 1.54) is 11.8 Å². The van der Waals surface area contributed by atoms with Gasteiger partial charge >= 0.3 is 5.97 Å². The third-order valence-corrected chi connectivity index (χ3v) is 3.87. The minimum absolute atomic E-state index is 0.119. The lowest BCUT2D eigenvalue weighted by Crippen LogP contribution is -2.47. The van der Waals surface area contributed by atoms with Crippen LogP contribution in [0.5, 0.6) is 5.75 Å². The van der Waals surface area contributed by atoms with Gasteiger partial charge in [0.1, 0.15) is 12.3 Å². The molecule has 0 saturated heterocycles. The van der Waals surface area contributed by atoms with E-state index < -0.39 is 12.1 Å². The van der Waals surface area contributed by atoms with E-state index in [1.54, 1.807) is 25.1 Å². The van der Waals surface area contributed by atoms with E-state index in [0.29, 0.717) is 23.6 Å². The summed E-state index contributed by atoms with van der Waals surface area (Å²) in [6, 6.07) is 4.87. The molecule has 1 amide bonds. The average Bonchev–Trinajstić information content (AvgIpc) is 2.55. The Balaban J connectivity index is 2.16. The molecule has 0 radical (unpaired) electrons. The molecule has 1 unspecified atom stereocenters. The summed E-state index contributed by atoms with van der Waals surface area (Å²) in [6.45, 7) is 5.30. The third-order valence-electron chi connectivity index (χ3n) is 3.87. The molecular weight excluding hydrogens is 310 g/mol.